The quantitative estimate of drug-likeness (QED) is 0.591. The molecule has 0 spiro atoms. The van der Waals surface area contributed by atoms with Crippen LogP contribution in [0.5, 0.6) is 0 Å². The van der Waals surface area contributed by atoms with Gasteiger partial charge >= 0.3 is 12.1 Å². The van der Waals surface area contributed by atoms with Crippen molar-refractivity contribution in [3.8, 4) is 0 Å². The Morgan fingerprint density at radius 3 is 2.39 bits per heavy atom. The summed E-state index contributed by atoms with van der Waals surface area (Å²) in [7, 11) is 0. The molecule has 1 heterocycles. The van der Waals surface area contributed by atoms with Crippen molar-refractivity contribution in [2.75, 3.05) is 0 Å². The third kappa shape index (κ3) is 5.22. The number of carbonyl (C=O) groups excluding carboxylic acids is 2. The molecular weight excluding hydrogens is 435 g/mol. The van der Waals surface area contributed by atoms with Gasteiger partial charge in [0.05, 0.1) is 11.8 Å². The molecule has 9 heteroatoms. The number of amides is 2. The van der Waals surface area contributed by atoms with Gasteiger partial charge in [0.15, 0.2) is 0 Å². The van der Waals surface area contributed by atoms with Crippen LogP contribution in [0.25, 0.3) is 0 Å². The number of halogens is 4. The number of benzene rings is 1. The summed E-state index contributed by atoms with van der Waals surface area (Å²) in [6.45, 7) is 0. The molecule has 2 amide bonds. The lowest BCUT2D eigenvalue weighted by atomic mass is 9.77. The first-order valence-electron chi connectivity index (χ1n) is 10.5. The Kier molecular flexibility index (Phi) is 7.29. The van der Waals surface area contributed by atoms with Crippen molar-refractivity contribution >= 4 is 29.4 Å². The van der Waals surface area contributed by atoms with E-state index in [4.69, 9.17) is 11.6 Å². The molecular formula is C22H25ClF3NO4. The molecule has 5 nitrogen and oxygen atoms in total. The largest absolute Gasteiger partial charge is 0.480 e. The summed E-state index contributed by atoms with van der Waals surface area (Å²) in [5.41, 5.74) is 0.736. The van der Waals surface area contributed by atoms with Crippen LogP contribution in [0.15, 0.2) is 24.3 Å². The summed E-state index contributed by atoms with van der Waals surface area (Å²) in [6, 6.07) is 5.48. The number of hydrogen-bond donors (Lipinski definition) is 1. The highest BCUT2D eigenvalue weighted by Crippen LogP contribution is 2.43. The zero-order valence-corrected chi connectivity index (χ0v) is 17.7. The van der Waals surface area contributed by atoms with Crippen molar-refractivity contribution in [3.05, 3.63) is 34.9 Å². The molecule has 0 radical (unpaired) electrons. The number of hydrogen-bond acceptors (Lipinski definition) is 3. The summed E-state index contributed by atoms with van der Waals surface area (Å²) in [5, 5.41) is 10.0. The maximum absolute atomic E-state index is 13.6. The minimum atomic E-state index is -4.58. The average Bonchev–Trinajstić information content (AvgIpc) is 2.71. The van der Waals surface area contributed by atoms with Crippen molar-refractivity contribution < 1.29 is 32.7 Å². The third-order valence-corrected chi connectivity index (χ3v) is 6.82. The Hall–Kier alpha value is -2.09. The highest BCUT2D eigenvalue weighted by atomic mass is 35.5. The molecule has 170 valence electrons. The molecule has 2 aliphatic rings. The van der Waals surface area contributed by atoms with Crippen LogP contribution < -0.4 is 0 Å². The van der Waals surface area contributed by atoms with Crippen LogP contribution in [-0.2, 0) is 20.8 Å². The molecule has 3 rings (SSSR count). The second-order valence-corrected chi connectivity index (χ2v) is 8.78. The van der Waals surface area contributed by atoms with E-state index < -0.39 is 54.2 Å². The van der Waals surface area contributed by atoms with Crippen LogP contribution in [0, 0.1) is 17.8 Å². The van der Waals surface area contributed by atoms with Crippen LogP contribution in [0.4, 0.5) is 13.2 Å². The van der Waals surface area contributed by atoms with Gasteiger partial charge in [0.2, 0.25) is 11.8 Å². The molecule has 31 heavy (non-hydrogen) atoms. The third-order valence-electron chi connectivity index (χ3n) is 6.45. The monoisotopic (exact) mass is 459 g/mol. The second-order valence-electron chi connectivity index (χ2n) is 8.37. The second kappa shape index (κ2) is 9.59. The van der Waals surface area contributed by atoms with Crippen LogP contribution in [0.3, 0.4) is 0 Å². The first-order valence-corrected chi connectivity index (χ1v) is 10.9. The van der Waals surface area contributed by atoms with Gasteiger partial charge in [0.1, 0.15) is 6.04 Å². The van der Waals surface area contributed by atoms with Gasteiger partial charge in [-0.1, -0.05) is 49.1 Å². The first kappa shape index (κ1) is 23.6. The minimum Gasteiger partial charge on any atom is -0.480 e. The van der Waals surface area contributed by atoms with Gasteiger partial charge in [-0.05, 0) is 43.2 Å². The smallest absolute Gasteiger partial charge is 0.392 e. The Morgan fingerprint density at radius 2 is 1.81 bits per heavy atom. The van der Waals surface area contributed by atoms with Gasteiger partial charge in [-0.2, -0.15) is 13.2 Å². The number of carboxylic acids is 1. The Labute approximate surface area is 183 Å². The molecule has 1 saturated carbocycles. The van der Waals surface area contributed by atoms with Gasteiger partial charge < -0.3 is 5.11 Å². The van der Waals surface area contributed by atoms with Crippen molar-refractivity contribution in [1.82, 2.24) is 4.90 Å². The van der Waals surface area contributed by atoms with Gasteiger partial charge in [-0.15, -0.1) is 0 Å². The summed E-state index contributed by atoms with van der Waals surface area (Å²) < 4.78 is 40.9. The predicted molar refractivity (Wildman–Crippen MR) is 107 cm³/mol. The number of rotatable bonds is 7. The van der Waals surface area contributed by atoms with E-state index in [2.05, 4.69) is 0 Å². The average molecular weight is 460 g/mol. The number of carbonyl (C=O) groups is 3. The molecule has 0 aromatic heterocycles. The summed E-state index contributed by atoms with van der Waals surface area (Å²) in [5.74, 6) is -6.67. The fourth-order valence-electron chi connectivity index (χ4n) is 4.78. The predicted octanol–water partition coefficient (Wildman–Crippen LogP) is 4.86. The fraction of sp³-hybridized carbons (Fsp3) is 0.591. The number of alkyl halides is 3. The van der Waals surface area contributed by atoms with Gasteiger partial charge in [0, 0.05) is 11.4 Å². The van der Waals surface area contributed by atoms with Gasteiger partial charge in [-0.25, -0.2) is 4.79 Å². The number of β-lactam (4-membered cyclic amide) rings is 1. The molecule has 0 bridgehead atoms. The molecule has 3 atom stereocenters. The highest BCUT2D eigenvalue weighted by molar-refractivity contribution is 6.31. The topological polar surface area (TPSA) is 74.7 Å². The lowest BCUT2D eigenvalue weighted by Crippen LogP contribution is -2.66. The normalized spacial score (nSPS) is 23.4. The van der Waals surface area contributed by atoms with Crippen molar-refractivity contribution in [2.24, 2.45) is 17.8 Å². The van der Waals surface area contributed by atoms with E-state index in [9.17, 15) is 32.7 Å². The number of carboxylic acid groups (broad SMARTS) is 1. The molecule has 1 aliphatic carbocycles. The molecule has 1 aromatic carbocycles. The number of nitrogens with zero attached hydrogens (tertiary/aromatic N) is 1. The van der Waals surface area contributed by atoms with E-state index in [1.54, 1.807) is 24.3 Å². The number of aliphatic carboxylic acids is 1. The Balaban J connectivity index is 1.69. The fourth-order valence-corrected chi connectivity index (χ4v) is 5.01. The van der Waals surface area contributed by atoms with E-state index in [1.807, 2.05) is 0 Å². The lowest BCUT2D eigenvalue weighted by molar-refractivity contribution is -0.200. The first-order chi connectivity index (χ1) is 14.6. The zero-order valence-electron chi connectivity index (χ0n) is 16.9. The van der Waals surface area contributed by atoms with E-state index in [1.165, 1.54) is 0 Å². The maximum Gasteiger partial charge on any atom is 0.392 e. The molecule has 1 N–H and O–H groups in total. The molecule has 1 aliphatic heterocycles. The van der Waals surface area contributed by atoms with Gasteiger partial charge in [-0.3, -0.25) is 14.5 Å². The molecule has 1 aromatic rings. The van der Waals surface area contributed by atoms with Crippen LogP contribution in [0.1, 0.15) is 50.5 Å². The summed E-state index contributed by atoms with van der Waals surface area (Å²) >= 11 is 6.08. The lowest BCUT2D eigenvalue weighted by Gasteiger charge is -2.44. The Morgan fingerprint density at radius 1 is 1.16 bits per heavy atom. The summed E-state index contributed by atoms with van der Waals surface area (Å²) in [6.07, 6.45) is -2.00. The van der Waals surface area contributed by atoms with Gasteiger partial charge in [0.25, 0.3) is 0 Å². The highest BCUT2D eigenvalue weighted by Gasteiger charge is 2.56. The molecule has 0 unspecified atom stereocenters. The standard InChI is InChI=1S/C22H25ClF3NO4/c23-17-9-5-4-8-14(17)10-11-15-19(21(30)31)27(20(15)29)18(28)12-16(22(24,25)26)13-6-2-1-3-7-13/h4-5,8-9,13,15-16,19H,1-3,6-7,10-12H2,(H,30,31)/t15-,16+,19+/m1/s1. The minimum absolute atomic E-state index is 0.147. The number of imide groups is 1. The Bertz CT molecular complexity index is 838. The SMILES string of the molecule is O=C(O)[C@@H]1[C@@H](CCc2ccccc2Cl)C(=O)N1C(=O)C[C@@H](C1CCCCC1)C(F)(F)F. The maximum atomic E-state index is 13.6. The van der Waals surface area contributed by atoms with E-state index in [-0.39, 0.29) is 6.42 Å². The summed E-state index contributed by atoms with van der Waals surface area (Å²) in [4.78, 5) is 37.4. The van der Waals surface area contributed by atoms with Crippen LogP contribution in [0.2, 0.25) is 5.02 Å². The molecule has 1 saturated heterocycles. The van der Waals surface area contributed by atoms with Crippen molar-refractivity contribution in [1.29, 1.82) is 0 Å². The molecule has 2 fully saturated rings. The van der Waals surface area contributed by atoms with E-state index in [0.29, 0.717) is 42.0 Å². The van der Waals surface area contributed by atoms with Crippen LogP contribution in [-0.4, -0.2) is 40.0 Å². The van der Waals surface area contributed by atoms with Crippen LogP contribution >= 0.6 is 11.6 Å². The van der Waals surface area contributed by atoms with E-state index in [0.717, 1.165) is 12.0 Å². The zero-order chi connectivity index (χ0) is 22.8. The van der Waals surface area contributed by atoms with Crippen molar-refractivity contribution in [2.45, 2.75) is 63.6 Å². The van der Waals surface area contributed by atoms with Crippen molar-refractivity contribution in [3.63, 3.8) is 0 Å². The number of likely N-dealkylation sites (tertiary alicyclic amines) is 1. The number of aryl methyl sites for hydroxylation is 1. The van der Waals surface area contributed by atoms with E-state index >= 15 is 0 Å².